The number of piperazine rings is 1. The molecular formula is C14H24N2O4S. The summed E-state index contributed by atoms with van der Waals surface area (Å²) in [7, 11) is -3.32. The van der Waals surface area contributed by atoms with Gasteiger partial charge in [-0.05, 0) is 39.0 Å². The fraction of sp³-hybridized carbons (Fsp3) is 0.857. The lowest BCUT2D eigenvalue weighted by Gasteiger charge is -2.42. The summed E-state index contributed by atoms with van der Waals surface area (Å²) < 4.78 is 22.7. The van der Waals surface area contributed by atoms with Crippen LogP contribution in [0.1, 0.15) is 40.0 Å². The van der Waals surface area contributed by atoms with Crippen molar-refractivity contribution in [1.29, 1.82) is 0 Å². The first-order valence-electron chi connectivity index (χ1n) is 7.39. The van der Waals surface area contributed by atoms with Crippen LogP contribution in [0, 0.1) is 5.92 Å². The van der Waals surface area contributed by atoms with Gasteiger partial charge in [0.2, 0.25) is 11.8 Å². The fourth-order valence-corrected chi connectivity index (χ4v) is 3.03. The van der Waals surface area contributed by atoms with Gasteiger partial charge in [-0.1, -0.05) is 6.92 Å². The number of carbonyl (C=O) groups is 2. The Hall–Kier alpha value is -1.11. The van der Waals surface area contributed by atoms with E-state index in [4.69, 9.17) is 0 Å². The van der Waals surface area contributed by atoms with Gasteiger partial charge in [-0.3, -0.25) is 9.59 Å². The van der Waals surface area contributed by atoms with Gasteiger partial charge in [0.05, 0.1) is 4.75 Å². The maximum absolute atomic E-state index is 12.6. The molecule has 2 fully saturated rings. The normalized spacial score (nSPS) is 27.7. The van der Waals surface area contributed by atoms with E-state index < -0.39 is 26.7 Å². The molecule has 1 heterocycles. The molecule has 7 heteroatoms. The van der Waals surface area contributed by atoms with Crippen LogP contribution < -0.4 is 5.32 Å². The van der Waals surface area contributed by atoms with Crippen LogP contribution in [0.5, 0.6) is 0 Å². The molecule has 1 saturated heterocycles. The average molecular weight is 316 g/mol. The maximum Gasteiger partial charge on any atom is 0.246 e. The summed E-state index contributed by atoms with van der Waals surface area (Å²) >= 11 is 0. The summed E-state index contributed by atoms with van der Waals surface area (Å²) in [6.07, 6.45) is 3.53. The Bertz CT molecular complexity index is 551. The molecular weight excluding hydrogens is 292 g/mol. The van der Waals surface area contributed by atoms with Gasteiger partial charge >= 0.3 is 0 Å². The van der Waals surface area contributed by atoms with Crippen LogP contribution in [-0.4, -0.2) is 54.8 Å². The van der Waals surface area contributed by atoms with E-state index in [0.717, 1.165) is 12.8 Å². The predicted molar refractivity (Wildman–Crippen MR) is 79.4 cm³/mol. The predicted octanol–water partition coefficient (Wildman–Crippen LogP) is 0.325. The smallest absolute Gasteiger partial charge is 0.246 e. The molecule has 120 valence electrons. The zero-order valence-corrected chi connectivity index (χ0v) is 13.9. The molecule has 2 aliphatic rings. The zero-order valence-electron chi connectivity index (χ0n) is 13.0. The molecule has 1 saturated carbocycles. The molecule has 0 spiro atoms. The van der Waals surface area contributed by atoms with Gasteiger partial charge in [-0.25, -0.2) is 8.42 Å². The van der Waals surface area contributed by atoms with Gasteiger partial charge < -0.3 is 10.2 Å². The van der Waals surface area contributed by atoms with Crippen LogP contribution in [0.2, 0.25) is 0 Å². The highest BCUT2D eigenvalue weighted by atomic mass is 32.2. The van der Waals surface area contributed by atoms with E-state index in [0.29, 0.717) is 6.42 Å². The Balaban J connectivity index is 2.27. The van der Waals surface area contributed by atoms with Crippen LogP contribution in [-0.2, 0) is 19.4 Å². The van der Waals surface area contributed by atoms with Crippen molar-refractivity contribution in [2.45, 2.75) is 56.9 Å². The third-order valence-electron chi connectivity index (χ3n) is 4.56. The van der Waals surface area contributed by atoms with Crippen LogP contribution in [0.4, 0.5) is 0 Å². The molecule has 0 radical (unpaired) electrons. The second-order valence-electron chi connectivity index (χ2n) is 6.75. The number of nitrogens with zero attached hydrogens (tertiary/aromatic N) is 1. The second-order valence-corrected chi connectivity index (χ2v) is 9.40. The molecule has 2 rings (SSSR count). The molecule has 0 aromatic rings. The lowest BCUT2D eigenvalue weighted by Crippen LogP contribution is -2.66. The topological polar surface area (TPSA) is 83.6 Å². The van der Waals surface area contributed by atoms with Gasteiger partial charge in [-0.15, -0.1) is 0 Å². The fourth-order valence-electron chi connectivity index (χ4n) is 2.66. The van der Waals surface area contributed by atoms with Crippen molar-refractivity contribution < 1.29 is 18.0 Å². The van der Waals surface area contributed by atoms with Gasteiger partial charge in [0, 0.05) is 12.8 Å². The zero-order chi connectivity index (χ0) is 16.0. The largest absolute Gasteiger partial charge is 0.342 e. The SMILES string of the molecule is CCC1C(=O)NC(C2CC2)C(=O)N1CC(C)(C)S(C)(=O)=O. The standard InChI is InChI=1S/C14H24N2O4S/c1-5-10-12(17)15-11(9-6-7-9)13(18)16(10)8-14(2,3)21(4,19)20/h9-11H,5-8H2,1-4H3,(H,15,17). The van der Waals surface area contributed by atoms with Gasteiger partial charge in [0.1, 0.15) is 12.1 Å². The van der Waals surface area contributed by atoms with Crippen LogP contribution in [0.15, 0.2) is 0 Å². The molecule has 1 aliphatic heterocycles. The monoisotopic (exact) mass is 316 g/mol. The minimum atomic E-state index is -3.32. The van der Waals surface area contributed by atoms with E-state index in [9.17, 15) is 18.0 Å². The van der Waals surface area contributed by atoms with E-state index in [1.54, 1.807) is 13.8 Å². The van der Waals surface area contributed by atoms with Crippen molar-refractivity contribution in [2.24, 2.45) is 5.92 Å². The molecule has 6 nitrogen and oxygen atoms in total. The average Bonchev–Trinajstić information content (AvgIpc) is 3.16. The number of sulfone groups is 1. The van der Waals surface area contributed by atoms with Crippen molar-refractivity contribution in [2.75, 3.05) is 12.8 Å². The molecule has 2 atom stereocenters. The molecule has 1 aliphatic carbocycles. The second kappa shape index (κ2) is 5.26. The number of amides is 2. The number of hydrogen-bond acceptors (Lipinski definition) is 4. The van der Waals surface area contributed by atoms with Gasteiger partial charge in [-0.2, -0.15) is 0 Å². The van der Waals surface area contributed by atoms with Crippen molar-refractivity contribution >= 4 is 21.7 Å². The van der Waals surface area contributed by atoms with Gasteiger partial charge in [0.25, 0.3) is 0 Å². The van der Waals surface area contributed by atoms with Crippen LogP contribution >= 0.6 is 0 Å². The van der Waals surface area contributed by atoms with Gasteiger partial charge in [0.15, 0.2) is 9.84 Å². The first kappa shape index (κ1) is 16.3. The Morgan fingerprint density at radius 1 is 1.29 bits per heavy atom. The summed E-state index contributed by atoms with van der Waals surface area (Å²) in [5, 5.41) is 2.80. The third-order valence-corrected chi connectivity index (χ3v) is 6.70. The Kier molecular flexibility index (Phi) is 4.08. The molecule has 0 aromatic heterocycles. The van der Waals surface area contributed by atoms with E-state index in [2.05, 4.69) is 5.32 Å². The van der Waals surface area contributed by atoms with Crippen molar-refractivity contribution in [1.82, 2.24) is 10.2 Å². The summed E-state index contributed by atoms with van der Waals surface area (Å²) in [5.41, 5.74) is 0. The molecule has 0 aromatic carbocycles. The minimum Gasteiger partial charge on any atom is -0.342 e. The first-order valence-corrected chi connectivity index (χ1v) is 9.28. The number of carbonyl (C=O) groups excluding carboxylic acids is 2. The molecule has 0 bridgehead atoms. The summed E-state index contributed by atoms with van der Waals surface area (Å²) in [5.74, 6) is -0.0953. The van der Waals surface area contributed by atoms with Crippen molar-refractivity contribution in [3.8, 4) is 0 Å². The highest BCUT2D eigenvalue weighted by Crippen LogP contribution is 2.35. The Morgan fingerprint density at radius 3 is 2.29 bits per heavy atom. The molecule has 21 heavy (non-hydrogen) atoms. The van der Waals surface area contributed by atoms with Crippen LogP contribution in [0.3, 0.4) is 0 Å². The molecule has 2 amide bonds. The Morgan fingerprint density at radius 2 is 1.86 bits per heavy atom. The van der Waals surface area contributed by atoms with Crippen LogP contribution in [0.25, 0.3) is 0 Å². The van der Waals surface area contributed by atoms with E-state index >= 15 is 0 Å². The highest BCUT2D eigenvalue weighted by Gasteiger charge is 2.48. The molecule has 2 unspecified atom stereocenters. The first-order chi connectivity index (χ1) is 9.58. The summed E-state index contributed by atoms with van der Waals surface area (Å²) in [4.78, 5) is 26.3. The lowest BCUT2D eigenvalue weighted by molar-refractivity contribution is -0.150. The van der Waals surface area contributed by atoms with Crippen molar-refractivity contribution in [3.63, 3.8) is 0 Å². The number of hydrogen-bond donors (Lipinski definition) is 1. The summed E-state index contributed by atoms with van der Waals surface area (Å²) in [6, 6.07) is -1.05. The molecule has 1 N–H and O–H groups in total. The highest BCUT2D eigenvalue weighted by molar-refractivity contribution is 7.92. The quantitative estimate of drug-likeness (QED) is 0.792. The minimum absolute atomic E-state index is 0.0554. The van der Waals surface area contributed by atoms with E-state index in [1.807, 2.05) is 6.92 Å². The Labute approximate surface area is 126 Å². The van der Waals surface area contributed by atoms with E-state index in [-0.39, 0.29) is 24.3 Å². The third kappa shape index (κ3) is 3.07. The maximum atomic E-state index is 12.6. The number of rotatable bonds is 5. The van der Waals surface area contributed by atoms with E-state index in [1.165, 1.54) is 11.2 Å². The number of nitrogens with one attached hydrogen (secondary N) is 1. The van der Waals surface area contributed by atoms with Crippen molar-refractivity contribution in [3.05, 3.63) is 0 Å². The lowest BCUT2D eigenvalue weighted by atomic mass is 10.00. The summed E-state index contributed by atoms with van der Waals surface area (Å²) in [6.45, 7) is 5.08.